The second kappa shape index (κ2) is 8.34. The Morgan fingerprint density at radius 2 is 1.97 bits per heavy atom. The first-order valence-corrected chi connectivity index (χ1v) is 11.5. The highest BCUT2D eigenvalue weighted by molar-refractivity contribution is 5.77. The Hall–Kier alpha value is -3.56. The predicted molar refractivity (Wildman–Crippen MR) is 132 cm³/mol. The Bertz CT molecular complexity index is 1430. The van der Waals surface area contributed by atoms with E-state index in [1.54, 1.807) is 41.5 Å². The predicted octanol–water partition coefficient (Wildman–Crippen LogP) is 3.17. The highest BCUT2D eigenvalue weighted by atomic mass is 16.3. The molecule has 1 aromatic carbocycles. The molecule has 0 spiro atoms. The van der Waals surface area contributed by atoms with Crippen LogP contribution in [0.3, 0.4) is 0 Å². The van der Waals surface area contributed by atoms with Gasteiger partial charge in [0, 0.05) is 24.5 Å². The number of aromatic nitrogens is 5. The first-order chi connectivity index (χ1) is 16.2. The van der Waals surface area contributed by atoms with Gasteiger partial charge in [0.15, 0.2) is 11.5 Å². The lowest BCUT2D eigenvalue weighted by atomic mass is 10.0. The molecule has 0 amide bonds. The van der Waals surface area contributed by atoms with E-state index in [9.17, 15) is 9.90 Å². The molecular weight excluding hydrogens is 430 g/mol. The minimum Gasteiger partial charge on any atom is -0.384 e. The zero-order valence-corrected chi connectivity index (χ0v) is 19.8. The fraction of sp³-hybridized carbons (Fsp3) is 0.360. The molecule has 0 radical (unpaired) electrons. The lowest BCUT2D eigenvalue weighted by Crippen LogP contribution is -2.25. The number of rotatable bonds is 5. The Morgan fingerprint density at radius 1 is 1.15 bits per heavy atom. The van der Waals surface area contributed by atoms with Gasteiger partial charge in [-0.25, -0.2) is 19.3 Å². The van der Waals surface area contributed by atoms with E-state index < -0.39 is 5.60 Å². The fourth-order valence-electron chi connectivity index (χ4n) is 4.31. The van der Waals surface area contributed by atoms with Crippen molar-refractivity contribution < 1.29 is 5.11 Å². The van der Waals surface area contributed by atoms with Crippen molar-refractivity contribution in [3.63, 3.8) is 0 Å². The molecule has 9 nitrogen and oxygen atoms in total. The molecule has 3 aromatic heterocycles. The van der Waals surface area contributed by atoms with Crippen molar-refractivity contribution in [1.29, 1.82) is 0 Å². The van der Waals surface area contributed by atoms with E-state index in [1.807, 2.05) is 26.0 Å². The van der Waals surface area contributed by atoms with E-state index in [0.29, 0.717) is 28.5 Å². The summed E-state index contributed by atoms with van der Waals surface area (Å²) in [4.78, 5) is 27.0. The summed E-state index contributed by atoms with van der Waals surface area (Å²) in [7, 11) is 0. The first kappa shape index (κ1) is 22.2. The number of hydrogen-bond donors (Lipinski definition) is 3. The normalized spacial score (nSPS) is 13.9. The second-order valence-electron chi connectivity index (χ2n) is 9.46. The van der Waals surface area contributed by atoms with Crippen LogP contribution in [0.2, 0.25) is 0 Å². The van der Waals surface area contributed by atoms with Crippen LogP contribution < -0.4 is 16.2 Å². The van der Waals surface area contributed by atoms with Crippen LogP contribution in [0.4, 0.5) is 11.6 Å². The first-order valence-electron chi connectivity index (χ1n) is 11.5. The Balaban J connectivity index is 1.63. The van der Waals surface area contributed by atoms with Crippen LogP contribution in [-0.2, 0) is 18.6 Å². The van der Waals surface area contributed by atoms with Gasteiger partial charge in [-0.1, -0.05) is 12.1 Å². The van der Waals surface area contributed by atoms with Gasteiger partial charge in [0.25, 0.3) is 5.56 Å². The molecule has 0 saturated carbocycles. The zero-order valence-electron chi connectivity index (χ0n) is 19.8. The standard InChI is InChI=1S/C25H29N7O2/c1-15(2)31-23(33)19-14-27-24(28-18-9-8-17-13-26-11-10-16(17)12-18)30-22(19)32(31)21-7-5-6-20(29-21)25(3,4)34/h5-9,12,14-15,26,34H,10-11,13H2,1-4H3,(H,27,28,30). The molecule has 34 heavy (non-hydrogen) atoms. The molecule has 3 N–H and O–H groups in total. The van der Waals surface area contributed by atoms with Gasteiger partial charge >= 0.3 is 0 Å². The fourth-order valence-corrected chi connectivity index (χ4v) is 4.31. The van der Waals surface area contributed by atoms with Crippen LogP contribution in [0, 0.1) is 0 Å². The Labute approximate surface area is 197 Å². The smallest absolute Gasteiger partial charge is 0.278 e. The van der Waals surface area contributed by atoms with Crippen molar-refractivity contribution in [3.05, 3.63) is 69.8 Å². The van der Waals surface area contributed by atoms with E-state index in [1.165, 1.54) is 11.1 Å². The second-order valence-corrected chi connectivity index (χ2v) is 9.46. The van der Waals surface area contributed by atoms with Crippen LogP contribution in [0.1, 0.15) is 50.6 Å². The number of hydrogen-bond acceptors (Lipinski definition) is 7. The molecular formula is C25H29N7O2. The average Bonchev–Trinajstić information content (AvgIpc) is 3.10. The van der Waals surface area contributed by atoms with Crippen LogP contribution in [0.15, 0.2) is 47.4 Å². The number of nitrogens with zero attached hydrogens (tertiary/aromatic N) is 5. The van der Waals surface area contributed by atoms with Crippen molar-refractivity contribution in [2.75, 3.05) is 11.9 Å². The summed E-state index contributed by atoms with van der Waals surface area (Å²) >= 11 is 0. The Morgan fingerprint density at radius 3 is 2.74 bits per heavy atom. The summed E-state index contributed by atoms with van der Waals surface area (Å²) in [5, 5.41) is 17.5. The summed E-state index contributed by atoms with van der Waals surface area (Å²) in [6.07, 6.45) is 2.54. The monoisotopic (exact) mass is 459 g/mol. The summed E-state index contributed by atoms with van der Waals surface area (Å²) in [5.41, 5.74) is 3.16. The molecule has 0 atom stereocenters. The van der Waals surface area contributed by atoms with Gasteiger partial charge in [0.05, 0.1) is 5.69 Å². The third-order valence-corrected chi connectivity index (χ3v) is 6.04. The van der Waals surface area contributed by atoms with Crippen molar-refractivity contribution in [2.45, 2.75) is 52.3 Å². The molecule has 0 saturated heterocycles. The third-order valence-electron chi connectivity index (χ3n) is 6.04. The van der Waals surface area contributed by atoms with E-state index in [-0.39, 0.29) is 11.6 Å². The molecule has 0 fully saturated rings. The van der Waals surface area contributed by atoms with E-state index in [0.717, 1.165) is 25.2 Å². The number of benzene rings is 1. The van der Waals surface area contributed by atoms with Crippen LogP contribution in [0.25, 0.3) is 16.9 Å². The number of nitrogens with one attached hydrogen (secondary N) is 2. The van der Waals surface area contributed by atoms with Gasteiger partial charge in [-0.2, -0.15) is 4.98 Å². The SMILES string of the molecule is CC(C)n1c(=O)c2cnc(Nc3ccc4c(c3)CCNC4)nc2n1-c1cccc(C(C)(C)O)n1. The molecule has 0 unspecified atom stereocenters. The van der Waals surface area contributed by atoms with Gasteiger partial charge in [-0.15, -0.1) is 0 Å². The summed E-state index contributed by atoms with van der Waals surface area (Å²) in [5.74, 6) is 0.904. The molecule has 9 heteroatoms. The molecule has 4 heterocycles. The quantitative estimate of drug-likeness (QED) is 0.420. The van der Waals surface area contributed by atoms with Crippen molar-refractivity contribution in [1.82, 2.24) is 29.6 Å². The van der Waals surface area contributed by atoms with Crippen LogP contribution in [-0.4, -0.2) is 36.0 Å². The van der Waals surface area contributed by atoms with Gasteiger partial charge < -0.3 is 15.7 Å². The lowest BCUT2D eigenvalue weighted by Gasteiger charge is -2.19. The highest BCUT2D eigenvalue weighted by Gasteiger charge is 2.23. The van der Waals surface area contributed by atoms with Crippen molar-refractivity contribution in [3.8, 4) is 5.82 Å². The van der Waals surface area contributed by atoms with Gasteiger partial charge in [0.1, 0.15) is 11.0 Å². The van der Waals surface area contributed by atoms with Gasteiger partial charge in [-0.3, -0.25) is 4.79 Å². The molecule has 4 aromatic rings. The molecule has 0 bridgehead atoms. The Kier molecular flexibility index (Phi) is 5.45. The zero-order chi connectivity index (χ0) is 24.0. The van der Waals surface area contributed by atoms with E-state index in [2.05, 4.69) is 32.7 Å². The molecule has 176 valence electrons. The van der Waals surface area contributed by atoms with Crippen molar-refractivity contribution >= 4 is 22.7 Å². The average molecular weight is 460 g/mol. The van der Waals surface area contributed by atoms with Gasteiger partial charge in [0.2, 0.25) is 5.95 Å². The number of anilines is 2. The van der Waals surface area contributed by atoms with E-state index in [4.69, 9.17) is 4.98 Å². The molecule has 5 rings (SSSR count). The minimum atomic E-state index is -1.12. The molecule has 0 aliphatic carbocycles. The number of pyridine rings is 1. The summed E-state index contributed by atoms with van der Waals surface area (Å²) in [6.45, 7) is 9.08. The third kappa shape index (κ3) is 3.97. The number of fused-ring (bicyclic) bond motifs is 2. The summed E-state index contributed by atoms with van der Waals surface area (Å²) < 4.78 is 3.33. The lowest BCUT2D eigenvalue weighted by molar-refractivity contribution is 0.0738. The minimum absolute atomic E-state index is 0.139. The topological polar surface area (TPSA) is 110 Å². The maximum absolute atomic E-state index is 13.2. The summed E-state index contributed by atoms with van der Waals surface area (Å²) in [6, 6.07) is 11.5. The number of aliphatic hydroxyl groups is 1. The molecule has 1 aliphatic rings. The van der Waals surface area contributed by atoms with Crippen molar-refractivity contribution in [2.24, 2.45) is 0 Å². The highest BCUT2D eigenvalue weighted by Crippen LogP contribution is 2.24. The van der Waals surface area contributed by atoms with Crippen LogP contribution in [0.5, 0.6) is 0 Å². The maximum atomic E-state index is 13.2. The largest absolute Gasteiger partial charge is 0.384 e. The van der Waals surface area contributed by atoms with Crippen LogP contribution >= 0.6 is 0 Å². The van der Waals surface area contributed by atoms with Gasteiger partial charge in [-0.05, 0) is 76.1 Å². The molecule has 1 aliphatic heterocycles. The maximum Gasteiger partial charge on any atom is 0.278 e. The van der Waals surface area contributed by atoms with E-state index >= 15 is 0 Å².